The Morgan fingerprint density at radius 2 is 1.96 bits per heavy atom. The van der Waals surface area contributed by atoms with E-state index in [0.717, 1.165) is 12.1 Å². The highest BCUT2D eigenvalue weighted by Gasteiger charge is 2.14. The molecule has 1 amide bonds. The molecule has 126 valence electrons. The Morgan fingerprint density at radius 3 is 2.54 bits per heavy atom. The topological polar surface area (TPSA) is 75.5 Å². The van der Waals surface area contributed by atoms with Crippen molar-refractivity contribution in [2.75, 3.05) is 18.4 Å². The lowest BCUT2D eigenvalue weighted by Crippen LogP contribution is -2.32. The lowest BCUT2D eigenvalue weighted by Gasteiger charge is -2.20. The summed E-state index contributed by atoms with van der Waals surface area (Å²) in [5.74, 6) is -0.219. The molecule has 0 atom stereocenters. The van der Waals surface area contributed by atoms with Crippen molar-refractivity contribution in [3.8, 4) is 0 Å². The monoisotopic (exact) mass is 347 g/mol. The molecule has 0 bridgehead atoms. The molecule has 2 rings (SSSR count). The van der Waals surface area contributed by atoms with Gasteiger partial charge >= 0.3 is 0 Å². The van der Waals surface area contributed by atoms with Crippen molar-refractivity contribution in [1.29, 1.82) is 0 Å². The number of benzene rings is 2. The molecule has 24 heavy (non-hydrogen) atoms. The molecule has 0 aliphatic carbocycles. The van der Waals surface area contributed by atoms with E-state index in [9.17, 15) is 14.9 Å². The van der Waals surface area contributed by atoms with Gasteiger partial charge in [-0.3, -0.25) is 19.8 Å². The Balaban J connectivity index is 1.97. The molecule has 0 saturated carbocycles. The maximum Gasteiger partial charge on any atom is 0.271 e. The summed E-state index contributed by atoms with van der Waals surface area (Å²) in [7, 11) is 0. The number of halogens is 1. The molecule has 0 heterocycles. The average molecular weight is 348 g/mol. The predicted octanol–water partition coefficient (Wildman–Crippen LogP) is 3.71. The van der Waals surface area contributed by atoms with Gasteiger partial charge in [0.1, 0.15) is 0 Å². The fourth-order valence-electron chi connectivity index (χ4n) is 2.23. The number of nitro benzene ring substituents is 1. The van der Waals surface area contributed by atoms with Crippen LogP contribution in [0, 0.1) is 10.1 Å². The van der Waals surface area contributed by atoms with Crippen molar-refractivity contribution in [3.63, 3.8) is 0 Å². The highest BCUT2D eigenvalue weighted by atomic mass is 35.5. The second-order valence-electron chi connectivity index (χ2n) is 5.26. The predicted molar refractivity (Wildman–Crippen MR) is 94.1 cm³/mol. The first-order valence-electron chi connectivity index (χ1n) is 7.49. The normalized spacial score (nSPS) is 10.6. The van der Waals surface area contributed by atoms with Crippen LogP contribution in [-0.2, 0) is 11.3 Å². The maximum absolute atomic E-state index is 12.2. The van der Waals surface area contributed by atoms with E-state index in [1.54, 1.807) is 0 Å². The summed E-state index contributed by atoms with van der Waals surface area (Å²) in [5.41, 5.74) is 1.38. The van der Waals surface area contributed by atoms with Gasteiger partial charge in [-0.1, -0.05) is 48.9 Å². The zero-order valence-electron chi connectivity index (χ0n) is 13.2. The summed E-state index contributed by atoms with van der Waals surface area (Å²) in [6, 6.07) is 13.8. The number of likely N-dealkylation sites (N-methyl/N-ethyl adjacent to an activating group) is 1. The van der Waals surface area contributed by atoms with Gasteiger partial charge in [-0.2, -0.15) is 0 Å². The Bertz CT molecular complexity index is 722. The van der Waals surface area contributed by atoms with E-state index in [1.165, 1.54) is 18.2 Å². The van der Waals surface area contributed by atoms with Crippen LogP contribution in [0.4, 0.5) is 11.4 Å². The van der Waals surface area contributed by atoms with Crippen LogP contribution in [0.3, 0.4) is 0 Å². The number of nitrogens with zero attached hydrogens (tertiary/aromatic N) is 2. The van der Waals surface area contributed by atoms with Crippen LogP contribution < -0.4 is 5.32 Å². The zero-order valence-corrected chi connectivity index (χ0v) is 14.0. The molecular formula is C17H18ClN3O3. The first kappa shape index (κ1) is 17.9. The van der Waals surface area contributed by atoms with Crippen LogP contribution in [0.25, 0.3) is 0 Å². The highest BCUT2D eigenvalue weighted by Crippen LogP contribution is 2.26. The largest absolute Gasteiger partial charge is 0.324 e. The van der Waals surface area contributed by atoms with Gasteiger partial charge in [0.2, 0.25) is 5.91 Å². The van der Waals surface area contributed by atoms with Gasteiger partial charge in [0, 0.05) is 18.7 Å². The molecule has 0 unspecified atom stereocenters. The first-order chi connectivity index (χ1) is 11.5. The van der Waals surface area contributed by atoms with Crippen molar-refractivity contribution < 1.29 is 9.72 Å². The average Bonchev–Trinajstić information content (AvgIpc) is 2.56. The number of anilines is 1. The smallest absolute Gasteiger partial charge is 0.271 e. The summed E-state index contributed by atoms with van der Waals surface area (Å²) >= 11 is 5.98. The van der Waals surface area contributed by atoms with Gasteiger partial charge < -0.3 is 5.32 Å². The third-order valence-electron chi connectivity index (χ3n) is 3.50. The number of carbonyl (C=O) groups excluding carboxylic acids is 1. The molecule has 0 aromatic heterocycles. The van der Waals surface area contributed by atoms with Gasteiger partial charge in [-0.15, -0.1) is 0 Å². The van der Waals surface area contributed by atoms with Crippen LogP contribution >= 0.6 is 11.6 Å². The number of hydrogen-bond donors (Lipinski definition) is 1. The van der Waals surface area contributed by atoms with Crippen LogP contribution in [0.5, 0.6) is 0 Å². The SMILES string of the molecule is CCN(CC(=O)Nc1ccc([N+](=O)[O-])cc1Cl)Cc1ccccc1. The second kappa shape index (κ2) is 8.42. The van der Waals surface area contributed by atoms with E-state index in [1.807, 2.05) is 42.2 Å². The molecule has 6 nitrogen and oxygen atoms in total. The van der Waals surface area contributed by atoms with Gasteiger partial charge in [0.15, 0.2) is 0 Å². The Hall–Kier alpha value is -2.44. The minimum absolute atomic E-state index is 0.114. The van der Waals surface area contributed by atoms with E-state index in [2.05, 4.69) is 5.32 Å². The van der Waals surface area contributed by atoms with Gasteiger partial charge in [0.05, 0.1) is 22.2 Å². The number of nitro groups is 1. The number of rotatable bonds is 7. The van der Waals surface area contributed by atoms with Crippen LogP contribution in [0.2, 0.25) is 5.02 Å². The lowest BCUT2D eigenvalue weighted by atomic mass is 10.2. The number of nitrogens with one attached hydrogen (secondary N) is 1. The Labute approximate surface area is 145 Å². The fourth-order valence-corrected chi connectivity index (χ4v) is 2.45. The highest BCUT2D eigenvalue weighted by molar-refractivity contribution is 6.34. The zero-order chi connectivity index (χ0) is 17.5. The second-order valence-corrected chi connectivity index (χ2v) is 5.67. The fraction of sp³-hybridized carbons (Fsp3) is 0.235. The number of amides is 1. The molecule has 7 heteroatoms. The summed E-state index contributed by atoms with van der Waals surface area (Å²) < 4.78 is 0. The third-order valence-corrected chi connectivity index (χ3v) is 3.81. The number of hydrogen-bond acceptors (Lipinski definition) is 4. The molecule has 0 saturated heterocycles. The number of non-ortho nitro benzene ring substituents is 1. The van der Waals surface area contributed by atoms with Crippen molar-refractivity contribution in [2.45, 2.75) is 13.5 Å². The van der Waals surface area contributed by atoms with E-state index < -0.39 is 4.92 Å². The van der Waals surface area contributed by atoms with E-state index in [0.29, 0.717) is 12.2 Å². The molecule has 2 aromatic rings. The molecule has 0 aliphatic heterocycles. The minimum atomic E-state index is -0.532. The van der Waals surface area contributed by atoms with Crippen LogP contribution in [-0.4, -0.2) is 28.8 Å². The molecule has 1 N–H and O–H groups in total. The van der Waals surface area contributed by atoms with Crippen LogP contribution in [0.15, 0.2) is 48.5 Å². The van der Waals surface area contributed by atoms with Gasteiger partial charge in [-0.05, 0) is 18.2 Å². The summed E-state index contributed by atoms with van der Waals surface area (Å²) in [6.45, 7) is 3.57. The summed E-state index contributed by atoms with van der Waals surface area (Å²) in [6.07, 6.45) is 0. The Morgan fingerprint density at radius 1 is 1.25 bits per heavy atom. The van der Waals surface area contributed by atoms with Crippen LogP contribution in [0.1, 0.15) is 12.5 Å². The molecule has 2 aromatic carbocycles. The standard InChI is InChI=1S/C17H18ClN3O3/c1-2-20(11-13-6-4-3-5-7-13)12-17(22)19-16-9-8-14(21(23)24)10-15(16)18/h3-10H,2,11-12H2,1H3,(H,19,22). The molecule has 0 fully saturated rings. The molecule has 0 aliphatic rings. The summed E-state index contributed by atoms with van der Waals surface area (Å²) in [4.78, 5) is 24.4. The van der Waals surface area contributed by atoms with E-state index >= 15 is 0 Å². The van der Waals surface area contributed by atoms with Gasteiger partial charge in [0.25, 0.3) is 5.69 Å². The summed E-state index contributed by atoms with van der Waals surface area (Å²) in [5, 5.41) is 13.5. The van der Waals surface area contributed by atoms with Crippen molar-refractivity contribution in [2.24, 2.45) is 0 Å². The number of carbonyl (C=O) groups is 1. The Kier molecular flexibility index (Phi) is 6.28. The van der Waals surface area contributed by atoms with E-state index in [4.69, 9.17) is 11.6 Å². The van der Waals surface area contributed by atoms with Crippen molar-refractivity contribution in [1.82, 2.24) is 4.90 Å². The minimum Gasteiger partial charge on any atom is -0.324 e. The molecule has 0 radical (unpaired) electrons. The lowest BCUT2D eigenvalue weighted by molar-refractivity contribution is -0.384. The van der Waals surface area contributed by atoms with Gasteiger partial charge in [-0.25, -0.2) is 0 Å². The maximum atomic E-state index is 12.2. The molecular weight excluding hydrogens is 330 g/mol. The quantitative estimate of drug-likeness (QED) is 0.612. The van der Waals surface area contributed by atoms with E-state index in [-0.39, 0.29) is 23.2 Å². The molecule has 0 spiro atoms. The van der Waals surface area contributed by atoms with Crippen molar-refractivity contribution >= 4 is 28.9 Å². The van der Waals surface area contributed by atoms with Crippen molar-refractivity contribution in [3.05, 3.63) is 69.2 Å². The third kappa shape index (κ3) is 5.04. The first-order valence-corrected chi connectivity index (χ1v) is 7.87.